The molecular formula is C22H26N2O2. The lowest BCUT2D eigenvalue weighted by atomic mass is 9.93. The Balaban J connectivity index is 1.42. The lowest BCUT2D eigenvalue weighted by Gasteiger charge is -2.24. The quantitative estimate of drug-likeness (QED) is 0.897. The summed E-state index contributed by atoms with van der Waals surface area (Å²) >= 11 is 0. The number of amides is 1. The van der Waals surface area contributed by atoms with Gasteiger partial charge in [0.05, 0.1) is 13.0 Å². The van der Waals surface area contributed by atoms with Crippen molar-refractivity contribution in [2.75, 3.05) is 13.7 Å². The fraction of sp³-hybridized carbons (Fsp3) is 0.409. The van der Waals surface area contributed by atoms with Gasteiger partial charge in [0.25, 0.3) is 0 Å². The Kier molecular flexibility index (Phi) is 4.93. The van der Waals surface area contributed by atoms with Gasteiger partial charge in [-0.15, -0.1) is 0 Å². The minimum absolute atomic E-state index is 0.0842. The molecule has 1 N–H and O–H groups in total. The zero-order valence-corrected chi connectivity index (χ0v) is 15.2. The number of nitrogens with one attached hydrogen (secondary N) is 1. The lowest BCUT2D eigenvalue weighted by Crippen LogP contribution is -2.37. The highest BCUT2D eigenvalue weighted by atomic mass is 16.5. The maximum Gasteiger partial charge on any atom is 0.225 e. The first-order valence-corrected chi connectivity index (χ1v) is 9.47. The third kappa shape index (κ3) is 3.34. The molecule has 4 nitrogen and oxygen atoms in total. The maximum absolute atomic E-state index is 12.9. The smallest absolute Gasteiger partial charge is 0.225 e. The fourth-order valence-electron chi connectivity index (χ4n) is 4.52. The van der Waals surface area contributed by atoms with E-state index in [9.17, 15) is 4.79 Å². The second-order valence-electron chi connectivity index (χ2n) is 7.28. The van der Waals surface area contributed by atoms with Crippen molar-refractivity contribution >= 4 is 5.91 Å². The van der Waals surface area contributed by atoms with Gasteiger partial charge in [-0.2, -0.15) is 0 Å². The van der Waals surface area contributed by atoms with E-state index in [0.29, 0.717) is 18.6 Å². The molecular weight excluding hydrogens is 324 g/mol. The Morgan fingerprint density at radius 2 is 1.92 bits per heavy atom. The molecule has 2 heterocycles. The molecule has 2 aromatic rings. The number of hydrogen-bond acceptors (Lipinski definition) is 3. The van der Waals surface area contributed by atoms with Crippen LogP contribution in [0.5, 0.6) is 5.75 Å². The van der Waals surface area contributed by atoms with E-state index in [2.05, 4.69) is 40.5 Å². The van der Waals surface area contributed by atoms with Crippen LogP contribution in [-0.4, -0.2) is 30.5 Å². The molecule has 2 saturated heterocycles. The molecule has 2 aromatic carbocycles. The summed E-state index contributed by atoms with van der Waals surface area (Å²) < 4.78 is 5.18. The van der Waals surface area contributed by atoms with Crippen molar-refractivity contribution in [3.63, 3.8) is 0 Å². The Morgan fingerprint density at radius 3 is 2.65 bits per heavy atom. The largest absolute Gasteiger partial charge is 0.497 e. The molecule has 136 valence electrons. The van der Waals surface area contributed by atoms with E-state index >= 15 is 0 Å². The van der Waals surface area contributed by atoms with Crippen LogP contribution in [0, 0.1) is 5.92 Å². The highest BCUT2D eigenvalue weighted by Crippen LogP contribution is 2.44. The van der Waals surface area contributed by atoms with Crippen LogP contribution >= 0.6 is 0 Å². The zero-order chi connectivity index (χ0) is 17.9. The minimum atomic E-state index is 0.0842. The van der Waals surface area contributed by atoms with E-state index in [4.69, 9.17) is 4.74 Å². The van der Waals surface area contributed by atoms with E-state index < -0.39 is 0 Å². The van der Waals surface area contributed by atoms with Crippen LogP contribution in [-0.2, 0) is 11.3 Å². The summed E-state index contributed by atoms with van der Waals surface area (Å²) in [4.78, 5) is 15.4. The van der Waals surface area contributed by atoms with E-state index in [0.717, 1.165) is 30.7 Å². The number of nitrogens with zero attached hydrogens (tertiary/aromatic N) is 1. The van der Waals surface area contributed by atoms with Crippen LogP contribution in [0.1, 0.15) is 36.4 Å². The Labute approximate surface area is 155 Å². The van der Waals surface area contributed by atoms with Crippen LogP contribution in [0.3, 0.4) is 0 Å². The number of fused-ring (bicyclic) bond motifs is 1. The molecule has 0 bridgehead atoms. The standard InChI is InChI=1S/C22H26N2O2/c1-26-18-11-9-16(10-12-18)15-23-22(25)19-14-21(17-6-3-2-4-7-17)24-13-5-8-20(19)24/h2-4,6-7,9-12,19-21H,5,8,13-15H2,1H3,(H,23,25)/t19-,20+,21-/m1/s1. The van der Waals surface area contributed by atoms with E-state index in [1.54, 1.807) is 7.11 Å². The van der Waals surface area contributed by atoms with Gasteiger partial charge in [0.2, 0.25) is 5.91 Å². The highest BCUT2D eigenvalue weighted by molar-refractivity contribution is 5.80. The normalized spacial score (nSPS) is 25.0. The minimum Gasteiger partial charge on any atom is -0.497 e. The maximum atomic E-state index is 12.9. The van der Waals surface area contributed by atoms with Crippen molar-refractivity contribution < 1.29 is 9.53 Å². The van der Waals surface area contributed by atoms with Crippen LogP contribution in [0.2, 0.25) is 0 Å². The molecule has 2 fully saturated rings. The number of rotatable bonds is 5. The number of methoxy groups -OCH3 is 1. The average molecular weight is 350 g/mol. The predicted octanol–water partition coefficient (Wildman–Crippen LogP) is 3.54. The molecule has 0 radical (unpaired) electrons. The van der Waals surface area contributed by atoms with Gasteiger partial charge in [-0.1, -0.05) is 42.5 Å². The Hall–Kier alpha value is -2.33. The summed E-state index contributed by atoms with van der Waals surface area (Å²) in [5.41, 5.74) is 2.44. The summed E-state index contributed by atoms with van der Waals surface area (Å²) in [5.74, 6) is 1.11. The van der Waals surface area contributed by atoms with Crippen molar-refractivity contribution in [2.45, 2.75) is 37.9 Å². The van der Waals surface area contributed by atoms with Gasteiger partial charge >= 0.3 is 0 Å². The predicted molar refractivity (Wildman–Crippen MR) is 102 cm³/mol. The third-order valence-corrected chi connectivity index (χ3v) is 5.83. The molecule has 0 aromatic heterocycles. The second kappa shape index (κ2) is 7.50. The lowest BCUT2D eigenvalue weighted by molar-refractivity contribution is -0.125. The summed E-state index contributed by atoms with van der Waals surface area (Å²) in [6, 6.07) is 19.3. The van der Waals surface area contributed by atoms with Gasteiger partial charge in [0, 0.05) is 18.6 Å². The van der Waals surface area contributed by atoms with Crippen molar-refractivity contribution in [3.05, 3.63) is 65.7 Å². The summed E-state index contributed by atoms with van der Waals surface area (Å²) in [5, 5.41) is 3.16. The molecule has 3 atom stereocenters. The second-order valence-corrected chi connectivity index (χ2v) is 7.28. The number of benzene rings is 2. The van der Waals surface area contributed by atoms with E-state index in [1.807, 2.05) is 24.3 Å². The van der Waals surface area contributed by atoms with Gasteiger partial charge in [0.1, 0.15) is 5.75 Å². The Bertz CT molecular complexity index is 744. The van der Waals surface area contributed by atoms with Crippen molar-refractivity contribution in [1.29, 1.82) is 0 Å². The van der Waals surface area contributed by atoms with Gasteiger partial charge in [0.15, 0.2) is 0 Å². The average Bonchev–Trinajstić information content (AvgIpc) is 3.30. The highest BCUT2D eigenvalue weighted by Gasteiger charge is 2.46. The van der Waals surface area contributed by atoms with Gasteiger partial charge in [-0.3, -0.25) is 9.69 Å². The first-order chi connectivity index (χ1) is 12.8. The topological polar surface area (TPSA) is 41.6 Å². The first kappa shape index (κ1) is 17.1. The zero-order valence-electron chi connectivity index (χ0n) is 15.2. The Morgan fingerprint density at radius 1 is 1.15 bits per heavy atom. The van der Waals surface area contributed by atoms with Gasteiger partial charge in [-0.05, 0) is 49.1 Å². The van der Waals surface area contributed by atoms with Crippen LogP contribution in [0.15, 0.2) is 54.6 Å². The molecule has 2 aliphatic rings. The summed E-state index contributed by atoms with van der Waals surface area (Å²) in [7, 11) is 1.66. The molecule has 0 spiro atoms. The molecule has 0 unspecified atom stereocenters. The monoisotopic (exact) mass is 350 g/mol. The molecule has 0 saturated carbocycles. The van der Waals surface area contributed by atoms with Crippen molar-refractivity contribution in [3.8, 4) is 5.75 Å². The summed E-state index contributed by atoms with van der Waals surface area (Å²) in [6.45, 7) is 1.68. The fourth-order valence-corrected chi connectivity index (χ4v) is 4.52. The molecule has 4 rings (SSSR count). The molecule has 4 heteroatoms. The number of hydrogen-bond donors (Lipinski definition) is 1. The van der Waals surface area contributed by atoms with E-state index in [-0.39, 0.29) is 11.8 Å². The van der Waals surface area contributed by atoms with Gasteiger partial charge < -0.3 is 10.1 Å². The van der Waals surface area contributed by atoms with Crippen LogP contribution in [0.4, 0.5) is 0 Å². The van der Waals surface area contributed by atoms with Crippen molar-refractivity contribution in [1.82, 2.24) is 10.2 Å². The SMILES string of the molecule is COc1ccc(CNC(=O)[C@@H]2C[C@H](c3ccccc3)N3CCC[C@@H]23)cc1. The molecule has 26 heavy (non-hydrogen) atoms. The van der Waals surface area contributed by atoms with Crippen molar-refractivity contribution in [2.24, 2.45) is 5.92 Å². The summed E-state index contributed by atoms with van der Waals surface area (Å²) in [6.07, 6.45) is 3.24. The molecule has 2 aliphatic heterocycles. The van der Waals surface area contributed by atoms with Gasteiger partial charge in [-0.25, -0.2) is 0 Å². The number of carbonyl (C=O) groups is 1. The number of carbonyl (C=O) groups excluding carboxylic acids is 1. The molecule has 1 amide bonds. The van der Waals surface area contributed by atoms with Crippen LogP contribution in [0.25, 0.3) is 0 Å². The van der Waals surface area contributed by atoms with E-state index in [1.165, 1.54) is 12.0 Å². The number of ether oxygens (including phenoxy) is 1. The third-order valence-electron chi connectivity index (χ3n) is 5.83. The van der Waals surface area contributed by atoms with Crippen LogP contribution < -0.4 is 10.1 Å². The first-order valence-electron chi connectivity index (χ1n) is 9.47. The molecule has 0 aliphatic carbocycles.